The maximum absolute atomic E-state index is 11.7. The average Bonchev–Trinajstić information content (AvgIpc) is 2.26. The fourth-order valence-corrected chi connectivity index (χ4v) is 1.83. The highest BCUT2D eigenvalue weighted by atomic mass is 35.5. The Kier molecular flexibility index (Phi) is 6.53. The molecule has 1 amide bonds. The van der Waals surface area contributed by atoms with Gasteiger partial charge in [0.15, 0.2) is 0 Å². The van der Waals surface area contributed by atoms with E-state index in [0.717, 1.165) is 5.56 Å². The third-order valence-corrected chi connectivity index (χ3v) is 3.02. The fraction of sp³-hybridized carbons (Fsp3) is 0.417. The van der Waals surface area contributed by atoms with Gasteiger partial charge in [-0.05, 0) is 25.5 Å². The van der Waals surface area contributed by atoms with E-state index in [1.807, 2.05) is 31.2 Å². The standard InChI is InChI=1S/C12H17ClN2O.ClH/c1-8(14)12(16)15(3)9(2)10-6-4-5-7-11(10)13;/h4-9H,14H2,1-3H3;1H/t8-,9?;/m0./s1. The first-order valence-electron chi connectivity index (χ1n) is 5.21. The van der Waals surface area contributed by atoms with Crippen molar-refractivity contribution in [1.29, 1.82) is 0 Å². The summed E-state index contributed by atoms with van der Waals surface area (Å²) < 4.78 is 0. The maximum atomic E-state index is 11.7. The second-order valence-electron chi connectivity index (χ2n) is 3.94. The van der Waals surface area contributed by atoms with Gasteiger partial charge in [-0.1, -0.05) is 29.8 Å². The van der Waals surface area contributed by atoms with E-state index in [-0.39, 0.29) is 24.4 Å². The zero-order chi connectivity index (χ0) is 12.3. The zero-order valence-electron chi connectivity index (χ0n) is 10.2. The van der Waals surface area contributed by atoms with Crippen LogP contribution in [-0.2, 0) is 4.79 Å². The number of likely N-dealkylation sites (N-methyl/N-ethyl adjacent to an activating group) is 1. The Bertz CT molecular complexity index is 383. The molecule has 1 rings (SSSR count). The summed E-state index contributed by atoms with van der Waals surface area (Å²) in [5, 5.41) is 0.666. The van der Waals surface area contributed by atoms with Crippen molar-refractivity contribution in [2.24, 2.45) is 5.73 Å². The summed E-state index contributed by atoms with van der Waals surface area (Å²) in [6.07, 6.45) is 0. The summed E-state index contributed by atoms with van der Waals surface area (Å²) in [6, 6.07) is 6.94. The number of amides is 1. The maximum Gasteiger partial charge on any atom is 0.239 e. The Labute approximate surface area is 113 Å². The minimum absolute atomic E-state index is 0. The molecule has 5 heteroatoms. The van der Waals surface area contributed by atoms with Crippen LogP contribution in [0.25, 0.3) is 0 Å². The highest BCUT2D eigenvalue weighted by Crippen LogP contribution is 2.26. The highest BCUT2D eigenvalue weighted by molar-refractivity contribution is 6.31. The third kappa shape index (κ3) is 3.87. The third-order valence-electron chi connectivity index (χ3n) is 2.67. The smallest absolute Gasteiger partial charge is 0.239 e. The lowest BCUT2D eigenvalue weighted by Crippen LogP contribution is -2.41. The van der Waals surface area contributed by atoms with Crippen molar-refractivity contribution in [3.63, 3.8) is 0 Å². The first-order chi connectivity index (χ1) is 7.45. The Morgan fingerprint density at radius 3 is 2.35 bits per heavy atom. The summed E-state index contributed by atoms with van der Waals surface area (Å²) in [4.78, 5) is 13.3. The second-order valence-corrected chi connectivity index (χ2v) is 4.34. The molecule has 2 atom stereocenters. The number of hydrogen-bond acceptors (Lipinski definition) is 2. The molecule has 1 unspecified atom stereocenters. The van der Waals surface area contributed by atoms with E-state index in [1.54, 1.807) is 18.9 Å². The molecule has 2 N–H and O–H groups in total. The van der Waals surface area contributed by atoms with Gasteiger partial charge in [0, 0.05) is 12.1 Å². The first-order valence-corrected chi connectivity index (χ1v) is 5.59. The van der Waals surface area contributed by atoms with Gasteiger partial charge in [-0.15, -0.1) is 12.4 Å². The Morgan fingerprint density at radius 2 is 1.88 bits per heavy atom. The summed E-state index contributed by atoms with van der Waals surface area (Å²) in [6.45, 7) is 3.61. The number of benzene rings is 1. The minimum Gasteiger partial charge on any atom is -0.338 e. The molecule has 1 aromatic rings. The van der Waals surface area contributed by atoms with Crippen LogP contribution in [0.4, 0.5) is 0 Å². The largest absolute Gasteiger partial charge is 0.338 e. The molecule has 0 aromatic heterocycles. The van der Waals surface area contributed by atoms with E-state index >= 15 is 0 Å². The molecule has 0 saturated heterocycles. The monoisotopic (exact) mass is 276 g/mol. The van der Waals surface area contributed by atoms with Crippen LogP contribution >= 0.6 is 24.0 Å². The van der Waals surface area contributed by atoms with Crippen molar-refractivity contribution in [2.75, 3.05) is 7.05 Å². The molecule has 0 aliphatic rings. The number of carbonyl (C=O) groups is 1. The van der Waals surface area contributed by atoms with E-state index in [2.05, 4.69) is 0 Å². The highest BCUT2D eigenvalue weighted by Gasteiger charge is 2.21. The number of hydrogen-bond donors (Lipinski definition) is 1. The summed E-state index contributed by atoms with van der Waals surface area (Å²) >= 11 is 6.08. The number of halogens is 2. The van der Waals surface area contributed by atoms with E-state index in [4.69, 9.17) is 17.3 Å². The lowest BCUT2D eigenvalue weighted by Gasteiger charge is -2.27. The Balaban J connectivity index is 0.00000256. The van der Waals surface area contributed by atoms with Crippen molar-refractivity contribution in [3.05, 3.63) is 34.9 Å². The molecular weight excluding hydrogens is 259 g/mol. The summed E-state index contributed by atoms with van der Waals surface area (Å²) in [5.41, 5.74) is 6.50. The molecule has 17 heavy (non-hydrogen) atoms. The van der Waals surface area contributed by atoms with Gasteiger partial charge >= 0.3 is 0 Å². The van der Waals surface area contributed by atoms with E-state index in [9.17, 15) is 4.79 Å². The van der Waals surface area contributed by atoms with Gasteiger partial charge in [-0.25, -0.2) is 0 Å². The lowest BCUT2D eigenvalue weighted by atomic mass is 10.1. The van der Waals surface area contributed by atoms with Crippen LogP contribution in [0, 0.1) is 0 Å². The van der Waals surface area contributed by atoms with Gasteiger partial charge in [0.05, 0.1) is 12.1 Å². The lowest BCUT2D eigenvalue weighted by molar-refractivity contribution is -0.132. The zero-order valence-corrected chi connectivity index (χ0v) is 11.8. The molecule has 0 bridgehead atoms. The van der Waals surface area contributed by atoms with Crippen LogP contribution in [0.3, 0.4) is 0 Å². The molecule has 0 aliphatic carbocycles. The molecule has 1 aromatic carbocycles. The number of rotatable bonds is 3. The van der Waals surface area contributed by atoms with Crippen LogP contribution in [0.2, 0.25) is 5.02 Å². The molecule has 96 valence electrons. The molecule has 0 radical (unpaired) electrons. The van der Waals surface area contributed by atoms with Crippen molar-refractivity contribution < 1.29 is 4.79 Å². The Morgan fingerprint density at radius 1 is 1.35 bits per heavy atom. The molecule has 0 saturated carbocycles. The number of nitrogens with two attached hydrogens (primary N) is 1. The molecule has 0 spiro atoms. The van der Waals surface area contributed by atoms with Crippen LogP contribution in [0.1, 0.15) is 25.5 Å². The van der Waals surface area contributed by atoms with Gasteiger partial charge in [0.1, 0.15) is 0 Å². The van der Waals surface area contributed by atoms with Gasteiger partial charge in [0.2, 0.25) is 5.91 Å². The quantitative estimate of drug-likeness (QED) is 0.923. The summed E-state index contributed by atoms with van der Waals surface area (Å²) in [7, 11) is 1.74. The van der Waals surface area contributed by atoms with Gasteiger partial charge in [-0.2, -0.15) is 0 Å². The molecule has 3 nitrogen and oxygen atoms in total. The minimum atomic E-state index is -0.491. The number of carbonyl (C=O) groups excluding carboxylic acids is 1. The SMILES string of the molecule is CC(c1ccccc1Cl)N(C)C(=O)[C@H](C)N.Cl. The number of nitrogens with zero attached hydrogens (tertiary/aromatic N) is 1. The van der Waals surface area contributed by atoms with Crippen molar-refractivity contribution in [1.82, 2.24) is 4.90 Å². The normalized spacial score (nSPS) is 13.5. The van der Waals surface area contributed by atoms with E-state index < -0.39 is 6.04 Å². The van der Waals surface area contributed by atoms with Crippen LogP contribution in [0.5, 0.6) is 0 Å². The topological polar surface area (TPSA) is 46.3 Å². The van der Waals surface area contributed by atoms with E-state index in [1.165, 1.54) is 0 Å². The predicted molar refractivity (Wildman–Crippen MR) is 73.5 cm³/mol. The van der Waals surface area contributed by atoms with Crippen molar-refractivity contribution >= 4 is 29.9 Å². The molecular formula is C12H18Cl2N2O. The van der Waals surface area contributed by atoms with Crippen LogP contribution in [0.15, 0.2) is 24.3 Å². The fourth-order valence-electron chi connectivity index (χ4n) is 1.53. The van der Waals surface area contributed by atoms with E-state index in [0.29, 0.717) is 5.02 Å². The predicted octanol–water partition coefficient (Wildman–Crippen LogP) is 2.63. The molecule has 0 heterocycles. The summed E-state index contributed by atoms with van der Waals surface area (Å²) in [5.74, 6) is -0.0904. The Hall–Kier alpha value is -0.770. The molecule has 0 aliphatic heterocycles. The van der Waals surface area contributed by atoms with Gasteiger partial charge in [0.25, 0.3) is 0 Å². The van der Waals surface area contributed by atoms with Crippen LogP contribution < -0.4 is 5.73 Å². The van der Waals surface area contributed by atoms with Crippen LogP contribution in [-0.4, -0.2) is 23.9 Å². The van der Waals surface area contributed by atoms with Crippen molar-refractivity contribution in [2.45, 2.75) is 25.9 Å². The van der Waals surface area contributed by atoms with Crippen molar-refractivity contribution in [3.8, 4) is 0 Å². The average molecular weight is 277 g/mol. The van der Waals surface area contributed by atoms with Gasteiger partial charge < -0.3 is 10.6 Å². The van der Waals surface area contributed by atoms with Gasteiger partial charge in [-0.3, -0.25) is 4.79 Å². The molecule has 0 fully saturated rings. The first kappa shape index (κ1) is 16.2. The second kappa shape index (κ2) is 6.84.